The highest BCUT2D eigenvalue weighted by atomic mass is 16.4. The molecule has 0 spiro atoms. The van der Waals surface area contributed by atoms with Gasteiger partial charge in [-0.25, -0.2) is 0 Å². The Balaban J connectivity index is 1.84. The lowest BCUT2D eigenvalue weighted by atomic mass is 9.99. The molecule has 0 N–H and O–H groups in total. The van der Waals surface area contributed by atoms with E-state index in [0.717, 1.165) is 36.8 Å². The molecular weight excluding hydrogens is 236 g/mol. The summed E-state index contributed by atoms with van der Waals surface area (Å²) in [4.78, 5) is 0. The van der Waals surface area contributed by atoms with E-state index in [1.54, 1.807) is 0 Å². The summed E-state index contributed by atoms with van der Waals surface area (Å²) >= 11 is 0. The van der Waals surface area contributed by atoms with Crippen LogP contribution in [0.15, 0.2) is 39.9 Å². The first-order chi connectivity index (χ1) is 9.22. The fourth-order valence-electron chi connectivity index (χ4n) is 2.32. The molecule has 0 atom stereocenters. The van der Waals surface area contributed by atoms with Crippen molar-refractivity contribution in [3.8, 4) is 0 Å². The zero-order valence-corrected chi connectivity index (χ0v) is 11.4. The van der Waals surface area contributed by atoms with Gasteiger partial charge in [-0.05, 0) is 39.5 Å². The second kappa shape index (κ2) is 5.00. The second-order valence-corrected chi connectivity index (χ2v) is 5.32. The maximum Gasteiger partial charge on any atom is 0.244 e. The van der Waals surface area contributed by atoms with E-state index < -0.39 is 0 Å². The number of hydrogen-bond donors (Lipinski definition) is 0. The van der Waals surface area contributed by atoms with E-state index in [-0.39, 0.29) is 0 Å². The van der Waals surface area contributed by atoms with Crippen LogP contribution >= 0.6 is 0 Å². The number of hydrogen-bond acceptors (Lipinski definition) is 3. The number of nitrogens with zero attached hydrogens (tertiary/aromatic N) is 2. The molecular formula is C16H18N2O. The standard InChI is InChI=1S/C16H18N2O/c1-11-3-7-13(8-4-11)15-17-18-16(19-15)14-9-5-12(2)6-10-14/h3,5,7,9H,4,6,8,10H2,1-2H3. The van der Waals surface area contributed by atoms with Gasteiger partial charge in [-0.2, -0.15) is 0 Å². The van der Waals surface area contributed by atoms with Gasteiger partial charge in [0.25, 0.3) is 0 Å². The Hall–Kier alpha value is -1.90. The van der Waals surface area contributed by atoms with Gasteiger partial charge in [0.15, 0.2) is 0 Å². The fourth-order valence-corrected chi connectivity index (χ4v) is 2.32. The van der Waals surface area contributed by atoms with E-state index in [0.29, 0.717) is 11.8 Å². The van der Waals surface area contributed by atoms with Crippen molar-refractivity contribution in [3.05, 3.63) is 47.2 Å². The van der Waals surface area contributed by atoms with Gasteiger partial charge in [-0.3, -0.25) is 0 Å². The van der Waals surface area contributed by atoms with Crippen molar-refractivity contribution in [1.82, 2.24) is 10.2 Å². The van der Waals surface area contributed by atoms with Crippen LogP contribution in [0.25, 0.3) is 11.1 Å². The zero-order chi connectivity index (χ0) is 13.2. The monoisotopic (exact) mass is 254 g/mol. The molecule has 2 aliphatic rings. The third-order valence-electron chi connectivity index (χ3n) is 3.69. The summed E-state index contributed by atoms with van der Waals surface area (Å²) in [6, 6.07) is 0. The van der Waals surface area contributed by atoms with E-state index in [9.17, 15) is 0 Å². The Bertz CT molecular complexity index is 562. The highest BCUT2D eigenvalue weighted by Crippen LogP contribution is 2.29. The average molecular weight is 254 g/mol. The third-order valence-corrected chi connectivity index (χ3v) is 3.69. The van der Waals surface area contributed by atoms with Crippen LogP contribution in [0.2, 0.25) is 0 Å². The minimum absolute atomic E-state index is 0.672. The Morgan fingerprint density at radius 2 is 1.21 bits per heavy atom. The maximum atomic E-state index is 5.82. The first-order valence-corrected chi connectivity index (χ1v) is 6.79. The predicted octanol–water partition coefficient (Wildman–Crippen LogP) is 4.32. The normalized spacial score (nSPS) is 19.5. The molecule has 0 saturated heterocycles. The molecule has 2 aliphatic carbocycles. The average Bonchev–Trinajstić information content (AvgIpc) is 2.90. The topological polar surface area (TPSA) is 38.9 Å². The summed E-state index contributed by atoms with van der Waals surface area (Å²) in [7, 11) is 0. The maximum absolute atomic E-state index is 5.82. The van der Waals surface area contributed by atoms with Gasteiger partial charge < -0.3 is 4.42 Å². The molecule has 1 aromatic heterocycles. The summed E-state index contributed by atoms with van der Waals surface area (Å²) in [5.74, 6) is 1.34. The summed E-state index contributed by atoms with van der Waals surface area (Å²) in [5.41, 5.74) is 5.10. The molecule has 0 fully saturated rings. The molecule has 0 aromatic carbocycles. The van der Waals surface area contributed by atoms with E-state index in [1.807, 2.05) is 0 Å². The van der Waals surface area contributed by atoms with Gasteiger partial charge in [0.1, 0.15) is 0 Å². The van der Waals surface area contributed by atoms with Crippen molar-refractivity contribution in [2.45, 2.75) is 39.5 Å². The van der Waals surface area contributed by atoms with Crippen LogP contribution in [0.4, 0.5) is 0 Å². The van der Waals surface area contributed by atoms with Crippen LogP contribution < -0.4 is 0 Å². The molecule has 3 heteroatoms. The molecule has 0 saturated carbocycles. The minimum atomic E-state index is 0.672. The second-order valence-electron chi connectivity index (χ2n) is 5.32. The van der Waals surface area contributed by atoms with Crippen LogP contribution in [0, 0.1) is 0 Å². The van der Waals surface area contributed by atoms with Gasteiger partial charge >= 0.3 is 0 Å². The molecule has 0 unspecified atom stereocenters. The fraction of sp³-hybridized carbons (Fsp3) is 0.375. The van der Waals surface area contributed by atoms with Crippen molar-refractivity contribution >= 4 is 11.1 Å². The van der Waals surface area contributed by atoms with Crippen molar-refractivity contribution in [3.63, 3.8) is 0 Å². The molecule has 1 heterocycles. The SMILES string of the molecule is CC1=CC=C(c2nnc(C3=CC=C(C)CC3)o2)CC1. The molecule has 0 radical (unpaired) electrons. The molecule has 3 rings (SSSR count). The van der Waals surface area contributed by atoms with E-state index in [4.69, 9.17) is 4.42 Å². The highest BCUT2D eigenvalue weighted by Gasteiger charge is 2.16. The Labute approximate surface area is 113 Å². The summed E-state index contributed by atoms with van der Waals surface area (Å²) in [6.07, 6.45) is 12.6. The van der Waals surface area contributed by atoms with Gasteiger partial charge in [0.05, 0.1) is 0 Å². The number of allylic oxidation sites excluding steroid dienone is 8. The smallest absolute Gasteiger partial charge is 0.244 e. The Kier molecular flexibility index (Phi) is 3.20. The Morgan fingerprint density at radius 3 is 1.58 bits per heavy atom. The number of aromatic nitrogens is 2. The molecule has 0 amide bonds. The van der Waals surface area contributed by atoms with Crippen molar-refractivity contribution in [2.24, 2.45) is 0 Å². The number of rotatable bonds is 2. The van der Waals surface area contributed by atoms with E-state index >= 15 is 0 Å². The first-order valence-electron chi connectivity index (χ1n) is 6.79. The quantitative estimate of drug-likeness (QED) is 0.789. The van der Waals surface area contributed by atoms with Crippen LogP contribution in [0.5, 0.6) is 0 Å². The molecule has 0 bridgehead atoms. The van der Waals surface area contributed by atoms with Crippen molar-refractivity contribution < 1.29 is 4.42 Å². The summed E-state index contributed by atoms with van der Waals surface area (Å²) in [6.45, 7) is 4.29. The van der Waals surface area contributed by atoms with Crippen LogP contribution in [-0.4, -0.2) is 10.2 Å². The minimum Gasteiger partial charge on any atom is -0.417 e. The van der Waals surface area contributed by atoms with Gasteiger partial charge in [-0.15, -0.1) is 10.2 Å². The van der Waals surface area contributed by atoms with Crippen LogP contribution in [0.3, 0.4) is 0 Å². The lowest BCUT2D eigenvalue weighted by Crippen LogP contribution is -1.91. The van der Waals surface area contributed by atoms with Gasteiger partial charge in [0.2, 0.25) is 11.8 Å². The predicted molar refractivity (Wildman–Crippen MR) is 76.2 cm³/mol. The molecule has 3 nitrogen and oxygen atoms in total. The summed E-state index contributed by atoms with van der Waals surface area (Å²) in [5, 5.41) is 8.37. The van der Waals surface area contributed by atoms with Crippen LogP contribution in [-0.2, 0) is 0 Å². The van der Waals surface area contributed by atoms with Crippen molar-refractivity contribution in [1.29, 1.82) is 0 Å². The molecule has 1 aromatic rings. The highest BCUT2D eigenvalue weighted by molar-refractivity contribution is 5.65. The zero-order valence-electron chi connectivity index (χ0n) is 11.4. The first kappa shape index (κ1) is 12.2. The lowest BCUT2D eigenvalue weighted by molar-refractivity contribution is 0.518. The third kappa shape index (κ3) is 2.60. The summed E-state index contributed by atoms with van der Waals surface area (Å²) < 4.78 is 5.82. The molecule has 98 valence electrons. The Morgan fingerprint density at radius 1 is 0.737 bits per heavy atom. The van der Waals surface area contributed by atoms with Gasteiger partial charge in [-0.1, -0.05) is 35.5 Å². The van der Waals surface area contributed by atoms with Crippen molar-refractivity contribution in [2.75, 3.05) is 0 Å². The molecule has 19 heavy (non-hydrogen) atoms. The van der Waals surface area contributed by atoms with E-state index in [2.05, 4.69) is 48.3 Å². The van der Waals surface area contributed by atoms with E-state index in [1.165, 1.54) is 11.1 Å². The lowest BCUT2D eigenvalue weighted by Gasteiger charge is -2.09. The largest absolute Gasteiger partial charge is 0.417 e. The molecule has 0 aliphatic heterocycles. The van der Waals surface area contributed by atoms with Crippen LogP contribution in [0.1, 0.15) is 51.3 Å². The van der Waals surface area contributed by atoms with Gasteiger partial charge in [0, 0.05) is 11.1 Å².